The average molecular weight is 387 g/mol. The molecule has 1 N–H and O–H groups in total. The van der Waals surface area contributed by atoms with Crippen LogP contribution in [0.25, 0.3) is 0 Å². The molecule has 0 radical (unpaired) electrons. The molecule has 1 aliphatic heterocycles. The molecule has 9 nitrogen and oxygen atoms in total. The second kappa shape index (κ2) is 8.56. The molecule has 0 spiro atoms. The Morgan fingerprint density at radius 2 is 1.65 bits per heavy atom. The van der Waals surface area contributed by atoms with E-state index in [0.717, 1.165) is 4.31 Å². The van der Waals surface area contributed by atoms with Gasteiger partial charge in [0.1, 0.15) is 17.2 Å². The summed E-state index contributed by atoms with van der Waals surface area (Å²) in [4.78, 5) is 13.9. The van der Waals surface area contributed by atoms with Gasteiger partial charge in [-0.25, -0.2) is 8.42 Å². The van der Waals surface area contributed by atoms with Crippen molar-refractivity contribution in [2.75, 3.05) is 61.1 Å². The number of hydrogen-bond acceptors (Lipinski definition) is 7. The zero-order valence-corrected chi connectivity index (χ0v) is 16.3. The van der Waals surface area contributed by atoms with Crippen LogP contribution in [0.2, 0.25) is 0 Å². The number of piperazine rings is 1. The van der Waals surface area contributed by atoms with Gasteiger partial charge in [-0.2, -0.15) is 4.31 Å². The number of benzene rings is 1. The minimum Gasteiger partial charge on any atom is -0.496 e. The van der Waals surface area contributed by atoms with Gasteiger partial charge in [-0.1, -0.05) is 0 Å². The van der Waals surface area contributed by atoms with Crippen LogP contribution in [-0.2, 0) is 14.8 Å². The summed E-state index contributed by atoms with van der Waals surface area (Å²) in [5.74, 6) is 0.326. The number of nitrogens with zero attached hydrogens (tertiary/aromatic N) is 2. The minimum absolute atomic E-state index is 0.0858. The maximum atomic E-state index is 13.1. The lowest BCUT2D eigenvalue weighted by Gasteiger charge is -2.29. The molecule has 0 unspecified atom stereocenters. The molecule has 0 atom stereocenters. The lowest BCUT2D eigenvalue weighted by Crippen LogP contribution is -2.49. The molecular formula is C16H25N3O6S. The predicted molar refractivity (Wildman–Crippen MR) is 95.4 cm³/mol. The maximum Gasteiger partial charge on any atom is 0.250 e. The third-order valence-corrected chi connectivity index (χ3v) is 6.03. The summed E-state index contributed by atoms with van der Waals surface area (Å²) in [6, 6.07) is 2.92. The topological polar surface area (TPSA) is 97.4 Å². The van der Waals surface area contributed by atoms with Crippen molar-refractivity contribution in [1.82, 2.24) is 14.5 Å². The fraction of sp³-hybridized carbons (Fsp3) is 0.562. The molecule has 1 saturated heterocycles. The van der Waals surface area contributed by atoms with Gasteiger partial charge in [-0.05, 0) is 0 Å². The van der Waals surface area contributed by atoms with Crippen molar-refractivity contribution in [3.63, 3.8) is 0 Å². The lowest BCUT2D eigenvalue weighted by molar-refractivity contribution is -0.131. The molecule has 10 heteroatoms. The van der Waals surface area contributed by atoms with Gasteiger partial charge in [-0.3, -0.25) is 4.79 Å². The zero-order chi connectivity index (χ0) is 19.3. The summed E-state index contributed by atoms with van der Waals surface area (Å²) >= 11 is 0. The van der Waals surface area contributed by atoms with E-state index in [2.05, 4.69) is 5.32 Å². The summed E-state index contributed by atoms with van der Waals surface area (Å²) in [6.07, 6.45) is 0. The van der Waals surface area contributed by atoms with E-state index in [0.29, 0.717) is 31.9 Å². The van der Waals surface area contributed by atoms with E-state index in [1.165, 1.54) is 40.5 Å². The van der Waals surface area contributed by atoms with Gasteiger partial charge in [0.25, 0.3) is 10.0 Å². The highest BCUT2D eigenvalue weighted by Gasteiger charge is 2.32. The van der Waals surface area contributed by atoms with Crippen LogP contribution >= 0.6 is 0 Å². The summed E-state index contributed by atoms with van der Waals surface area (Å²) < 4.78 is 42.7. The first-order valence-corrected chi connectivity index (χ1v) is 9.54. The van der Waals surface area contributed by atoms with Crippen LogP contribution < -0.4 is 19.5 Å². The third-order valence-electron chi connectivity index (χ3n) is 4.17. The van der Waals surface area contributed by atoms with E-state index in [9.17, 15) is 13.2 Å². The smallest absolute Gasteiger partial charge is 0.250 e. The van der Waals surface area contributed by atoms with Crippen molar-refractivity contribution in [2.24, 2.45) is 0 Å². The van der Waals surface area contributed by atoms with E-state index < -0.39 is 10.0 Å². The second-order valence-corrected chi connectivity index (χ2v) is 7.73. The fourth-order valence-corrected chi connectivity index (χ4v) is 4.06. The maximum absolute atomic E-state index is 13.1. The molecule has 1 aromatic rings. The zero-order valence-electron chi connectivity index (χ0n) is 15.4. The molecule has 1 amide bonds. The number of hydrogen-bond donors (Lipinski definition) is 1. The van der Waals surface area contributed by atoms with Crippen LogP contribution in [-0.4, -0.2) is 84.6 Å². The average Bonchev–Trinajstić information content (AvgIpc) is 2.67. The van der Waals surface area contributed by atoms with E-state index in [1.807, 2.05) is 0 Å². The number of nitrogens with one attached hydrogen (secondary N) is 1. The van der Waals surface area contributed by atoms with Gasteiger partial charge in [-0.15, -0.1) is 0 Å². The molecule has 1 heterocycles. The molecule has 0 aromatic heterocycles. The van der Waals surface area contributed by atoms with E-state index in [-0.39, 0.29) is 28.8 Å². The number of ether oxygens (including phenoxy) is 3. The number of rotatable bonds is 7. The van der Waals surface area contributed by atoms with Crippen molar-refractivity contribution < 1.29 is 27.4 Å². The Labute approximate surface area is 153 Å². The first-order chi connectivity index (χ1) is 12.3. The molecule has 146 valence electrons. The molecule has 1 fully saturated rings. The minimum atomic E-state index is -4.02. The number of likely N-dealkylation sites (N-methyl/N-ethyl adjacent to an activating group) is 1. The van der Waals surface area contributed by atoms with Gasteiger partial charge in [0.2, 0.25) is 5.91 Å². The number of amides is 1. The summed E-state index contributed by atoms with van der Waals surface area (Å²) in [7, 11) is 1.52. The van der Waals surface area contributed by atoms with Gasteiger partial charge in [0, 0.05) is 45.4 Å². The van der Waals surface area contributed by atoms with Crippen LogP contribution in [0.4, 0.5) is 0 Å². The molecule has 26 heavy (non-hydrogen) atoms. The Balaban J connectivity index is 2.32. The SMILES string of the molecule is COc1cc(OC)c(S(=O)(=O)N(C)CC(=O)N2CCNCC2)c(OC)c1. The molecule has 0 saturated carbocycles. The molecule has 1 aliphatic rings. The standard InChI is InChI=1S/C16H25N3O6S/c1-18(11-15(20)19-7-5-17-6-8-19)26(21,22)16-13(24-3)9-12(23-2)10-14(16)25-4/h9-10,17H,5-8,11H2,1-4H3. The molecule has 0 aliphatic carbocycles. The van der Waals surface area contributed by atoms with Crippen molar-refractivity contribution in [2.45, 2.75) is 4.90 Å². The first-order valence-electron chi connectivity index (χ1n) is 8.10. The van der Waals surface area contributed by atoms with Crippen LogP contribution in [0.15, 0.2) is 17.0 Å². The fourth-order valence-electron chi connectivity index (χ4n) is 2.67. The van der Waals surface area contributed by atoms with Gasteiger partial charge in [0.05, 0.1) is 27.9 Å². The van der Waals surface area contributed by atoms with Gasteiger partial charge >= 0.3 is 0 Å². The van der Waals surface area contributed by atoms with E-state index in [4.69, 9.17) is 14.2 Å². The molecule has 0 bridgehead atoms. The Hall–Kier alpha value is -2.04. The first kappa shape index (κ1) is 20.3. The Kier molecular flexibility index (Phi) is 6.68. The molecular weight excluding hydrogens is 362 g/mol. The quantitative estimate of drug-likeness (QED) is 0.690. The Morgan fingerprint density at radius 3 is 2.12 bits per heavy atom. The van der Waals surface area contributed by atoms with Crippen LogP contribution in [0, 0.1) is 0 Å². The summed E-state index contributed by atoms with van der Waals surface area (Å²) in [5, 5.41) is 3.15. The number of carbonyl (C=O) groups excluding carboxylic acids is 1. The second-order valence-electron chi connectivity index (χ2n) is 5.75. The normalized spacial score (nSPS) is 15.0. The summed E-state index contributed by atoms with van der Waals surface area (Å²) in [6.45, 7) is 2.25. The third kappa shape index (κ3) is 4.19. The highest BCUT2D eigenvalue weighted by Crippen LogP contribution is 2.38. The van der Waals surface area contributed by atoms with Crippen molar-refractivity contribution >= 4 is 15.9 Å². The Bertz CT molecular complexity index is 721. The number of carbonyl (C=O) groups is 1. The van der Waals surface area contributed by atoms with Gasteiger partial charge < -0.3 is 24.4 Å². The van der Waals surface area contributed by atoms with Gasteiger partial charge in [0.15, 0.2) is 4.90 Å². The number of sulfonamides is 1. The lowest BCUT2D eigenvalue weighted by atomic mass is 10.3. The number of methoxy groups -OCH3 is 3. The largest absolute Gasteiger partial charge is 0.496 e. The Morgan fingerprint density at radius 1 is 1.12 bits per heavy atom. The van der Waals surface area contributed by atoms with E-state index in [1.54, 1.807) is 4.90 Å². The van der Waals surface area contributed by atoms with Crippen LogP contribution in [0.1, 0.15) is 0 Å². The van der Waals surface area contributed by atoms with Crippen LogP contribution in [0.5, 0.6) is 17.2 Å². The summed E-state index contributed by atoms with van der Waals surface area (Å²) in [5.41, 5.74) is 0. The van der Waals surface area contributed by atoms with Crippen molar-refractivity contribution in [3.05, 3.63) is 12.1 Å². The van der Waals surface area contributed by atoms with E-state index >= 15 is 0 Å². The molecule has 1 aromatic carbocycles. The van der Waals surface area contributed by atoms with Crippen LogP contribution in [0.3, 0.4) is 0 Å². The predicted octanol–water partition coefficient (Wildman–Crippen LogP) is -0.235. The van der Waals surface area contributed by atoms with Crippen molar-refractivity contribution in [3.8, 4) is 17.2 Å². The van der Waals surface area contributed by atoms with Crippen molar-refractivity contribution in [1.29, 1.82) is 0 Å². The molecule has 2 rings (SSSR count). The highest BCUT2D eigenvalue weighted by atomic mass is 32.2. The highest BCUT2D eigenvalue weighted by molar-refractivity contribution is 7.89. The monoisotopic (exact) mass is 387 g/mol.